The molecule has 0 aliphatic rings. The maximum atomic E-state index is 10.2. The highest BCUT2D eigenvalue weighted by Gasteiger charge is 2.16. The Morgan fingerprint density at radius 2 is 1.85 bits per heavy atom. The molecular formula is C12H24O. The molecule has 0 saturated heterocycles. The van der Waals surface area contributed by atoms with E-state index >= 15 is 0 Å². The van der Waals surface area contributed by atoms with Crippen LogP contribution in [0.3, 0.4) is 0 Å². The first-order chi connectivity index (χ1) is 5.98. The zero-order valence-corrected chi connectivity index (χ0v) is 9.60. The van der Waals surface area contributed by atoms with E-state index in [1.165, 1.54) is 19.3 Å². The van der Waals surface area contributed by atoms with E-state index in [2.05, 4.69) is 27.7 Å². The summed E-state index contributed by atoms with van der Waals surface area (Å²) < 4.78 is 0. The third-order valence-corrected chi connectivity index (χ3v) is 2.57. The lowest BCUT2D eigenvalue weighted by Gasteiger charge is -2.23. The molecule has 0 heterocycles. The second-order valence-electron chi connectivity index (χ2n) is 5.16. The van der Waals surface area contributed by atoms with Gasteiger partial charge in [0, 0.05) is 6.42 Å². The number of carbonyl (C=O) groups is 1. The highest BCUT2D eigenvalue weighted by atomic mass is 16.1. The molecule has 1 heteroatoms. The van der Waals surface area contributed by atoms with E-state index in [-0.39, 0.29) is 0 Å². The van der Waals surface area contributed by atoms with Crippen LogP contribution in [-0.4, -0.2) is 6.29 Å². The van der Waals surface area contributed by atoms with Gasteiger partial charge in [0.2, 0.25) is 0 Å². The van der Waals surface area contributed by atoms with Gasteiger partial charge in [-0.3, -0.25) is 0 Å². The van der Waals surface area contributed by atoms with Gasteiger partial charge in [-0.05, 0) is 24.2 Å². The van der Waals surface area contributed by atoms with Gasteiger partial charge in [-0.25, -0.2) is 0 Å². The Labute approximate surface area is 82.9 Å². The molecule has 1 nitrogen and oxygen atoms in total. The van der Waals surface area contributed by atoms with Crippen LogP contribution in [0.15, 0.2) is 0 Å². The van der Waals surface area contributed by atoms with Gasteiger partial charge in [-0.15, -0.1) is 0 Å². The summed E-state index contributed by atoms with van der Waals surface area (Å²) >= 11 is 0. The summed E-state index contributed by atoms with van der Waals surface area (Å²) in [4.78, 5) is 10.2. The molecule has 0 bridgehead atoms. The number of hydrogen-bond donors (Lipinski definition) is 0. The maximum absolute atomic E-state index is 10.2. The summed E-state index contributed by atoms with van der Waals surface area (Å²) in [6.45, 7) is 9.05. The van der Waals surface area contributed by atoms with E-state index in [0.717, 1.165) is 18.6 Å². The Morgan fingerprint density at radius 1 is 1.23 bits per heavy atom. The summed E-state index contributed by atoms with van der Waals surface area (Å²) in [5.41, 5.74) is 0.357. The van der Waals surface area contributed by atoms with Crippen molar-refractivity contribution in [2.45, 2.75) is 59.8 Å². The van der Waals surface area contributed by atoms with E-state index in [9.17, 15) is 4.79 Å². The molecule has 0 aromatic heterocycles. The average molecular weight is 184 g/mol. The molecule has 78 valence electrons. The minimum absolute atomic E-state index is 0.357. The molecule has 13 heavy (non-hydrogen) atoms. The first-order valence-corrected chi connectivity index (χ1v) is 5.41. The minimum atomic E-state index is 0.357. The second-order valence-corrected chi connectivity index (χ2v) is 5.16. The van der Waals surface area contributed by atoms with Crippen molar-refractivity contribution in [3.05, 3.63) is 0 Å². The maximum Gasteiger partial charge on any atom is 0.120 e. The molecule has 0 atom stereocenters. The summed E-state index contributed by atoms with van der Waals surface area (Å²) in [5, 5.41) is 0. The predicted octanol–water partition coefficient (Wildman–Crippen LogP) is 3.82. The minimum Gasteiger partial charge on any atom is -0.303 e. The van der Waals surface area contributed by atoms with Crippen molar-refractivity contribution < 1.29 is 4.79 Å². The van der Waals surface area contributed by atoms with Crippen LogP contribution in [0, 0.1) is 11.3 Å². The lowest BCUT2D eigenvalue weighted by atomic mass is 9.82. The van der Waals surface area contributed by atoms with Gasteiger partial charge in [0.1, 0.15) is 6.29 Å². The van der Waals surface area contributed by atoms with Crippen LogP contribution >= 0.6 is 0 Å². The molecule has 0 aliphatic heterocycles. The van der Waals surface area contributed by atoms with Crippen LogP contribution in [0.1, 0.15) is 59.8 Å². The van der Waals surface area contributed by atoms with Crippen molar-refractivity contribution in [1.82, 2.24) is 0 Å². The van der Waals surface area contributed by atoms with Gasteiger partial charge in [0.15, 0.2) is 0 Å². The number of rotatable bonds is 7. The monoisotopic (exact) mass is 184 g/mol. The molecule has 0 unspecified atom stereocenters. The molecule has 0 aromatic carbocycles. The van der Waals surface area contributed by atoms with Gasteiger partial charge in [-0.1, -0.05) is 40.5 Å². The van der Waals surface area contributed by atoms with E-state index in [1.807, 2.05) is 0 Å². The molecule has 0 saturated carbocycles. The second kappa shape index (κ2) is 6.17. The summed E-state index contributed by atoms with van der Waals surface area (Å²) in [6.07, 6.45) is 6.64. The van der Waals surface area contributed by atoms with Crippen molar-refractivity contribution >= 4 is 6.29 Å². The van der Waals surface area contributed by atoms with Gasteiger partial charge >= 0.3 is 0 Å². The molecular weight excluding hydrogens is 160 g/mol. The Bertz CT molecular complexity index is 136. The number of hydrogen-bond acceptors (Lipinski definition) is 1. The highest BCUT2D eigenvalue weighted by Crippen LogP contribution is 2.29. The zero-order chi connectivity index (χ0) is 10.3. The molecule has 0 spiro atoms. The van der Waals surface area contributed by atoms with Crippen molar-refractivity contribution in [2.24, 2.45) is 11.3 Å². The number of carbonyl (C=O) groups excluding carboxylic acids is 1. The Kier molecular flexibility index (Phi) is 6.02. The molecule has 0 aliphatic carbocycles. The van der Waals surface area contributed by atoms with Crippen LogP contribution in [-0.2, 0) is 4.79 Å². The van der Waals surface area contributed by atoms with Gasteiger partial charge in [-0.2, -0.15) is 0 Å². The van der Waals surface area contributed by atoms with Crippen molar-refractivity contribution in [3.63, 3.8) is 0 Å². The Hall–Kier alpha value is -0.330. The van der Waals surface area contributed by atoms with Crippen LogP contribution in [0.25, 0.3) is 0 Å². The SMILES string of the molecule is CC(C)CCCC(C)(C)CCC=O. The molecule has 0 fully saturated rings. The van der Waals surface area contributed by atoms with Crippen molar-refractivity contribution in [3.8, 4) is 0 Å². The molecule has 0 rings (SSSR count). The van der Waals surface area contributed by atoms with E-state index < -0.39 is 0 Å². The lowest BCUT2D eigenvalue weighted by molar-refractivity contribution is -0.108. The smallest absolute Gasteiger partial charge is 0.120 e. The van der Waals surface area contributed by atoms with Crippen molar-refractivity contribution in [2.75, 3.05) is 0 Å². The van der Waals surface area contributed by atoms with E-state index in [0.29, 0.717) is 11.8 Å². The number of aldehydes is 1. The standard InChI is InChI=1S/C12H24O/c1-11(2)7-5-8-12(3,4)9-6-10-13/h10-11H,5-9H2,1-4H3. The fraction of sp³-hybridized carbons (Fsp3) is 0.917. The largest absolute Gasteiger partial charge is 0.303 e. The first-order valence-electron chi connectivity index (χ1n) is 5.41. The Morgan fingerprint density at radius 3 is 2.31 bits per heavy atom. The first kappa shape index (κ1) is 12.7. The fourth-order valence-electron chi connectivity index (χ4n) is 1.56. The topological polar surface area (TPSA) is 17.1 Å². The molecule has 0 radical (unpaired) electrons. The highest BCUT2D eigenvalue weighted by molar-refractivity contribution is 5.49. The van der Waals surface area contributed by atoms with E-state index in [1.54, 1.807) is 0 Å². The van der Waals surface area contributed by atoms with Crippen LogP contribution in [0.2, 0.25) is 0 Å². The van der Waals surface area contributed by atoms with E-state index in [4.69, 9.17) is 0 Å². The van der Waals surface area contributed by atoms with Gasteiger partial charge < -0.3 is 4.79 Å². The quantitative estimate of drug-likeness (QED) is 0.550. The van der Waals surface area contributed by atoms with Crippen LogP contribution < -0.4 is 0 Å². The average Bonchev–Trinajstić information content (AvgIpc) is 2.00. The van der Waals surface area contributed by atoms with Crippen LogP contribution in [0.5, 0.6) is 0 Å². The Balaban J connectivity index is 3.55. The predicted molar refractivity (Wildman–Crippen MR) is 57.8 cm³/mol. The molecule has 0 amide bonds. The van der Waals surface area contributed by atoms with Gasteiger partial charge in [0.25, 0.3) is 0 Å². The molecule has 0 aromatic rings. The van der Waals surface area contributed by atoms with Crippen molar-refractivity contribution in [1.29, 1.82) is 0 Å². The lowest BCUT2D eigenvalue weighted by Crippen LogP contribution is -2.11. The summed E-state index contributed by atoms with van der Waals surface area (Å²) in [6, 6.07) is 0. The third kappa shape index (κ3) is 8.01. The fourth-order valence-corrected chi connectivity index (χ4v) is 1.56. The zero-order valence-electron chi connectivity index (χ0n) is 9.60. The molecule has 0 N–H and O–H groups in total. The van der Waals surface area contributed by atoms with Crippen LogP contribution in [0.4, 0.5) is 0 Å². The summed E-state index contributed by atoms with van der Waals surface area (Å²) in [5.74, 6) is 0.807. The third-order valence-electron chi connectivity index (χ3n) is 2.57. The van der Waals surface area contributed by atoms with Gasteiger partial charge in [0.05, 0.1) is 0 Å². The summed E-state index contributed by atoms with van der Waals surface area (Å²) in [7, 11) is 0. The normalized spacial score (nSPS) is 12.1.